The first-order valence-corrected chi connectivity index (χ1v) is 6.10. The summed E-state index contributed by atoms with van der Waals surface area (Å²) in [6.07, 6.45) is 6.10. The van der Waals surface area contributed by atoms with Crippen molar-refractivity contribution in [3.05, 3.63) is 48.5 Å². The van der Waals surface area contributed by atoms with Crippen molar-refractivity contribution in [2.75, 3.05) is 18.5 Å². The van der Waals surface area contributed by atoms with Crippen LogP contribution in [0.15, 0.2) is 42.9 Å². The largest absolute Gasteiger partial charge is 0.491 e. The van der Waals surface area contributed by atoms with E-state index in [-0.39, 0.29) is 0 Å². The highest BCUT2D eigenvalue weighted by Crippen LogP contribution is 2.15. The molecule has 0 radical (unpaired) electrons. The molecule has 0 amide bonds. The fraction of sp³-hybridized carbons (Fsp3) is 0.286. The minimum absolute atomic E-state index is 0.605. The van der Waals surface area contributed by atoms with Gasteiger partial charge in [0.05, 0.1) is 24.7 Å². The molecule has 94 valence electrons. The molecule has 0 saturated carbocycles. The van der Waals surface area contributed by atoms with Gasteiger partial charge < -0.3 is 10.1 Å². The molecule has 4 heteroatoms. The first-order chi connectivity index (χ1) is 8.88. The lowest BCUT2D eigenvalue weighted by Crippen LogP contribution is -2.04. The molecular weight excluding hydrogens is 226 g/mol. The van der Waals surface area contributed by atoms with Crippen LogP contribution >= 0.6 is 0 Å². The molecule has 0 aliphatic rings. The third-order valence-electron chi connectivity index (χ3n) is 2.45. The number of hydrogen-bond acceptors (Lipinski definition) is 4. The maximum atomic E-state index is 5.65. The first kappa shape index (κ1) is 12.4. The van der Waals surface area contributed by atoms with Crippen LogP contribution in [0.1, 0.15) is 12.6 Å². The highest BCUT2D eigenvalue weighted by atomic mass is 16.5. The Hall–Kier alpha value is -2.10. The van der Waals surface area contributed by atoms with Crippen molar-refractivity contribution in [3.63, 3.8) is 0 Å². The van der Waals surface area contributed by atoms with Crippen molar-refractivity contribution in [1.82, 2.24) is 9.97 Å². The Morgan fingerprint density at radius 2 is 2.22 bits per heavy atom. The van der Waals surface area contributed by atoms with E-state index in [0.717, 1.165) is 30.1 Å². The number of ether oxygens (including phenoxy) is 1. The van der Waals surface area contributed by atoms with Crippen LogP contribution in [0.2, 0.25) is 0 Å². The molecule has 2 aromatic rings. The Morgan fingerprint density at radius 3 is 3.00 bits per heavy atom. The standard InChI is InChI=1S/C14H17N3O/c1-2-16-13-9-14(11-15-10-13)18-8-6-12-5-3-4-7-17-12/h3-5,7,9-11,16H,2,6,8H2,1H3. The third-order valence-corrected chi connectivity index (χ3v) is 2.45. The summed E-state index contributed by atoms with van der Waals surface area (Å²) in [6.45, 7) is 3.53. The molecule has 2 rings (SSSR count). The van der Waals surface area contributed by atoms with Crippen LogP contribution in [0, 0.1) is 0 Å². The molecule has 0 fully saturated rings. The highest BCUT2D eigenvalue weighted by molar-refractivity contribution is 5.44. The smallest absolute Gasteiger partial charge is 0.139 e. The van der Waals surface area contributed by atoms with E-state index in [1.165, 1.54) is 0 Å². The van der Waals surface area contributed by atoms with Gasteiger partial charge in [-0.3, -0.25) is 9.97 Å². The van der Waals surface area contributed by atoms with E-state index in [1.807, 2.05) is 24.3 Å². The summed E-state index contributed by atoms with van der Waals surface area (Å²) in [4.78, 5) is 8.37. The van der Waals surface area contributed by atoms with Gasteiger partial charge in [0, 0.05) is 30.9 Å². The summed E-state index contributed by atoms with van der Waals surface area (Å²) < 4.78 is 5.65. The van der Waals surface area contributed by atoms with Crippen molar-refractivity contribution in [2.45, 2.75) is 13.3 Å². The molecule has 4 nitrogen and oxygen atoms in total. The summed E-state index contributed by atoms with van der Waals surface area (Å²) in [5.41, 5.74) is 2.01. The van der Waals surface area contributed by atoms with E-state index in [9.17, 15) is 0 Å². The highest BCUT2D eigenvalue weighted by Gasteiger charge is 1.98. The molecule has 0 saturated heterocycles. The zero-order valence-electron chi connectivity index (χ0n) is 10.5. The lowest BCUT2D eigenvalue weighted by Gasteiger charge is -2.07. The predicted octanol–water partition coefficient (Wildman–Crippen LogP) is 2.53. The van der Waals surface area contributed by atoms with Crippen molar-refractivity contribution < 1.29 is 4.74 Å². The molecule has 0 unspecified atom stereocenters. The maximum absolute atomic E-state index is 5.65. The molecule has 2 aromatic heterocycles. The van der Waals surface area contributed by atoms with E-state index in [1.54, 1.807) is 18.6 Å². The zero-order valence-corrected chi connectivity index (χ0v) is 10.5. The van der Waals surface area contributed by atoms with Gasteiger partial charge in [-0.2, -0.15) is 0 Å². The van der Waals surface area contributed by atoms with Gasteiger partial charge in [-0.25, -0.2) is 0 Å². The maximum Gasteiger partial charge on any atom is 0.139 e. The van der Waals surface area contributed by atoms with Crippen LogP contribution in [-0.4, -0.2) is 23.1 Å². The number of aromatic nitrogens is 2. The van der Waals surface area contributed by atoms with Crippen LogP contribution in [0.25, 0.3) is 0 Å². The molecule has 0 atom stereocenters. The van der Waals surface area contributed by atoms with Crippen LogP contribution in [0.4, 0.5) is 5.69 Å². The first-order valence-electron chi connectivity index (χ1n) is 6.10. The summed E-state index contributed by atoms with van der Waals surface area (Å²) in [7, 11) is 0. The second kappa shape index (κ2) is 6.59. The number of rotatable bonds is 6. The van der Waals surface area contributed by atoms with Crippen molar-refractivity contribution in [3.8, 4) is 5.75 Å². The Labute approximate surface area is 107 Å². The van der Waals surface area contributed by atoms with E-state index in [4.69, 9.17) is 4.74 Å². The van der Waals surface area contributed by atoms with Crippen molar-refractivity contribution in [1.29, 1.82) is 0 Å². The quantitative estimate of drug-likeness (QED) is 0.847. The second-order valence-corrected chi connectivity index (χ2v) is 3.86. The lowest BCUT2D eigenvalue weighted by atomic mass is 10.3. The molecular formula is C14H17N3O. The van der Waals surface area contributed by atoms with Gasteiger partial charge in [-0.05, 0) is 19.1 Å². The summed E-state index contributed by atoms with van der Waals surface area (Å²) >= 11 is 0. The molecule has 0 spiro atoms. The third kappa shape index (κ3) is 3.73. The number of nitrogens with zero attached hydrogens (tertiary/aromatic N) is 2. The molecule has 0 aliphatic heterocycles. The fourth-order valence-corrected chi connectivity index (χ4v) is 1.62. The predicted molar refractivity (Wildman–Crippen MR) is 71.8 cm³/mol. The summed E-state index contributed by atoms with van der Waals surface area (Å²) in [6, 6.07) is 7.84. The minimum atomic E-state index is 0.605. The number of nitrogens with one attached hydrogen (secondary N) is 1. The second-order valence-electron chi connectivity index (χ2n) is 3.86. The van der Waals surface area contributed by atoms with E-state index in [0.29, 0.717) is 6.61 Å². The van der Waals surface area contributed by atoms with Gasteiger partial charge in [0.25, 0.3) is 0 Å². The van der Waals surface area contributed by atoms with Crippen LogP contribution < -0.4 is 10.1 Å². The Bertz CT molecular complexity index is 473. The molecule has 1 N–H and O–H groups in total. The molecule has 2 heterocycles. The van der Waals surface area contributed by atoms with Crippen molar-refractivity contribution in [2.24, 2.45) is 0 Å². The van der Waals surface area contributed by atoms with Gasteiger partial charge in [0.2, 0.25) is 0 Å². The number of pyridine rings is 2. The van der Waals surface area contributed by atoms with Crippen LogP contribution in [0.5, 0.6) is 5.75 Å². The molecule has 0 bridgehead atoms. The monoisotopic (exact) mass is 243 g/mol. The van der Waals surface area contributed by atoms with Crippen molar-refractivity contribution >= 4 is 5.69 Å². The van der Waals surface area contributed by atoms with Gasteiger partial charge in [-0.15, -0.1) is 0 Å². The van der Waals surface area contributed by atoms with E-state index >= 15 is 0 Å². The Morgan fingerprint density at radius 1 is 1.28 bits per heavy atom. The lowest BCUT2D eigenvalue weighted by molar-refractivity contribution is 0.319. The van der Waals surface area contributed by atoms with Gasteiger partial charge >= 0.3 is 0 Å². The van der Waals surface area contributed by atoms with Gasteiger partial charge in [0.15, 0.2) is 0 Å². The summed E-state index contributed by atoms with van der Waals surface area (Å²) in [5, 5.41) is 3.20. The van der Waals surface area contributed by atoms with E-state index < -0.39 is 0 Å². The fourth-order valence-electron chi connectivity index (χ4n) is 1.62. The summed E-state index contributed by atoms with van der Waals surface area (Å²) in [5.74, 6) is 0.782. The zero-order chi connectivity index (χ0) is 12.6. The average molecular weight is 243 g/mol. The Kier molecular flexibility index (Phi) is 4.53. The van der Waals surface area contributed by atoms with Gasteiger partial charge in [0.1, 0.15) is 5.75 Å². The molecule has 0 aromatic carbocycles. The normalized spacial score (nSPS) is 10.1. The molecule has 0 aliphatic carbocycles. The van der Waals surface area contributed by atoms with Gasteiger partial charge in [-0.1, -0.05) is 6.07 Å². The average Bonchev–Trinajstić information content (AvgIpc) is 2.41. The minimum Gasteiger partial charge on any atom is -0.491 e. The van der Waals surface area contributed by atoms with Crippen LogP contribution in [-0.2, 0) is 6.42 Å². The molecule has 18 heavy (non-hydrogen) atoms. The Balaban J connectivity index is 1.84. The SMILES string of the molecule is CCNc1cncc(OCCc2ccccn2)c1. The topological polar surface area (TPSA) is 47.0 Å². The van der Waals surface area contributed by atoms with E-state index in [2.05, 4.69) is 22.2 Å². The van der Waals surface area contributed by atoms with Crippen LogP contribution in [0.3, 0.4) is 0 Å². The number of hydrogen-bond donors (Lipinski definition) is 1. The number of anilines is 1.